The lowest BCUT2D eigenvalue weighted by Crippen LogP contribution is -2.13. The molecule has 0 aliphatic carbocycles. The number of nitrogens with zero attached hydrogens (tertiary/aromatic N) is 2. The summed E-state index contributed by atoms with van der Waals surface area (Å²) in [6, 6.07) is 0. The third-order valence-corrected chi connectivity index (χ3v) is 2.84. The molecule has 0 aliphatic heterocycles. The summed E-state index contributed by atoms with van der Waals surface area (Å²) in [6.45, 7) is 8.63. The highest BCUT2D eigenvalue weighted by Gasteiger charge is 2.15. The van der Waals surface area contributed by atoms with Gasteiger partial charge in [0, 0.05) is 20.2 Å². The number of anilines is 2. The lowest BCUT2D eigenvalue weighted by Gasteiger charge is -2.08. The Morgan fingerprint density at radius 1 is 1.39 bits per heavy atom. The molecule has 0 unspecified atom stereocenters. The fourth-order valence-electron chi connectivity index (χ4n) is 1.79. The highest BCUT2D eigenvalue weighted by molar-refractivity contribution is 5.65. The first-order valence-corrected chi connectivity index (χ1v) is 6.71. The maximum Gasteiger partial charge on any atom is 0.147 e. The Balaban J connectivity index is 2.42. The first-order chi connectivity index (χ1) is 8.57. The van der Waals surface area contributed by atoms with Crippen molar-refractivity contribution in [2.24, 2.45) is 7.05 Å². The van der Waals surface area contributed by atoms with Crippen LogP contribution >= 0.6 is 0 Å². The molecular formula is C13H26N4O. The van der Waals surface area contributed by atoms with E-state index in [0.29, 0.717) is 12.5 Å². The van der Waals surface area contributed by atoms with Crippen molar-refractivity contribution in [3.05, 3.63) is 5.69 Å². The number of hydrogen-bond acceptors (Lipinski definition) is 4. The predicted molar refractivity (Wildman–Crippen MR) is 75.9 cm³/mol. The molecule has 0 saturated carbocycles. The average molecular weight is 254 g/mol. The molecule has 1 aromatic heterocycles. The van der Waals surface area contributed by atoms with E-state index in [9.17, 15) is 0 Å². The van der Waals surface area contributed by atoms with Gasteiger partial charge in [0.2, 0.25) is 0 Å². The van der Waals surface area contributed by atoms with E-state index in [1.165, 1.54) is 6.42 Å². The second kappa shape index (κ2) is 7.26. The van der Waals surface area contributed by atoms with Crippen LogP contribution in [0.5, 0.6) is 0 Å². The van der Waals surface area contributed by atoms with E-state index in [1.807, 2.05) is 7.05 Å². The van der Waals surface area contributed by atoms with Gasteiger partial charge in [-0.15, -0.1) is 0 Å². The number of hydrogen-bond donors (Lipinski definition) is 2. The Bertz CT molecular complexity index is 360. The molecule has 18 heavy (non-hydrogen) atoms. The molecule has 0 bridgehead atoms. The molecule has 0 spiro atoms. The molecule has 0 fully saturated rings. The quantitative estimate of drug-likeness (QED) is 0.699. The molecule has 0 amide bonds. The second-order valence-corrected chi connectivity index (χ2v) is 4.82. The van der Waals surface area contributed by atoms with Gasteiger partial charge in [-0.2, -0.15) is 5.10 Å². The molecule has 1 rings (SSSR count). The van der Waals surface area contributed by atoms with Crippen LogP contribution in [0.4, 0.5) is 11.5 Å². The molecule has 0 saturated heterocycles. The molecule has 3 N–H and O–H groups in total. The molecule has 0 aromatic carbocycles. The highest BCUT2D eigenvalue weighted by atomic mass is 16.5. The second-order valence-electron chi connectivity index (χ2n) is 4.82. The monoisotopic (exact) mass is 254 g/mol. The van der Waals surface area contributed by atoms with Crippen molar-refractivity contribution in [2.75, 3.05) is 30.8 Å². The standard InChI is InChI=1S/C13H26N4O/c1-5-6-8-18-9-7-15-13-11(14)12(10(2)3)16-17(13)4/h10,15H,5-9,14H2,1-4H3. The summed E-state index contributed by atoms with van der Waals surface area (Å²) >= 11 is 0. The maximum atomic E-state index is 6.08. The van der Waals surface area contributed by atoms with Crippen molar-refractivity contribution >= 4 is 11.5 Å². The molecule has 0 aliphatic rings. The Morgan fingerprint density at radius 2 is 2.11 bits per heavy atom. The number of aryl methyl sites for hydroxylation is 1. The van der Waals surface area contributed by atoms with E-state index in [1.54, 1.807) is 4.68 Å². The van der Waals surface area contributed by atoms with Crippen LogP contribution in [0.3, 0.4) is 0 Å². The Hall–Kier alpha value is -1.23. The number of nitrogen functional groups attached to an aromatic ring is 1. The van der Waals surface area contributed by atoms with Crippen LogP contribution in [0.2, 0.25) is 0 Å². The van der Waals surface area contributed by atoms with Gasteiger partial charge in [-0.1, -0.05) is 27.2 Å². The van der Waals surface area contributed by atoms with E-state index in [4.69, 9.17) is 10.5 Å². The number of unbranched alkanes of at least 4 members (excludes halogenated alkanes) is 1. The minimum absolute atomic E-state index is 0.340. The largest absolute Gasteiger partial charge is 0.394 e. The third kappa shape index (κ3) is 3.91. The van der Waals surface area contributed by atoms with Crippen LogP contribution in [0, 0.1) is 0 Å². The smallest absolute Gasteiger partial charge is 0.147 e. The summed E-state index contributed by atoms with van der Waals surface area (Å²) < 4.78 is 7.30. The van der Waals surface area contributed by atoms with Gasteiger partial charge in [-0.3, -0.25) is 4.68 Å². The fraction of sp³-hybridized carbons (Fsp3) is 0.769. The molecule has 0 atom stereocenters. The van der Waals surface area contributed by atoms with E-state index >= 15 is 0 Å². The molecule has 0 radical (unpaired) electrons. The molecule has 5 heteroatoms. The minimum Gasteiger partial charge on any atom is -0.394 e. The molecule has 1 heterocycles. The van der Waals surface area contributed by atoms with Gasteiger partial charge in [0.25, 0.3) is 0 Å². The van der Waals surface area contributed by atoms with Gasteiger partial charge < -0.3 is 15.8 Å². The maximum absolute atomic E-state index is 6.08. The topological polar surface area (TPSA) is 65.1 Å². The summed E-state index contributed by atoms with van der Waals surface area (Å²) in [5, 5.41) is 7.71. The van der Waals surface area contributed by atoms with Crippen LogP contribution in [-0.2, 0) is 11.8 Å². The van der Waals surface area contributed by atoms with Gasteiger partial charge in [0.15, 0.2) is 0 Å². The van der Waals surface area contributed by atoms with Crippen molar-refractivity contribution in [3.8, 4) is 0 Å². The fourth-order valence-corrected chi connectivity index (χ4v) is 1.79. The lowest BCUT2D eigenvalue weighted by molar-refractivity contribution is 0.141. The Morgan fingerprint density at radius 3 is 2.67 bits per heavy atom. The minimum atomic E-state index is 0.340. The number of rotatable bonds is 8. The normalized spacial score (nSPS) is 11.2. The van der Waals surface area contributed by atoms with Gasteiger partial charge in [0.05, 0.1) is 18.0 Å². The first kappa shape index (κ1) is 14.8. The van der Waals surface area contributed by atoms with Crippen molar-refractivity contribution in [2.45, 2.75) is 39.5 Å². The Labute approximate surface area is 110 Å². The van der Waals surface area contributed by atoms with Crippen LogP contribution in [0.1, 0.15) is 45.2 Å². The van der Waals surface area contributed by atoms with Crippen molar-refractivity contribution in [1.29, 1.82) is 0 Å². The van der Waals surface area contributed by atoms with Gasteiger partial charge in [-0.25, -0.2) is 0 Å². The van der Waals surface area contributed by atoms with Crippen molar-refractivity contribution in [1.82, 2.24) is 9.78 Å². The molecular weight excluding hydrogens is 228 g/mol. The summed E-state index contributed by atoms with van der Waals surface area (Å²) in [4.78, 5) is 0. The van der Waals surface area contributed by atoms with Crippen LogP contribution in [-0.4, -0.2) is 29.5 Å². The SMILES string of the molecule is CCCCOCCNc1c(N)c(C(C)C)nn1C. The molecule has 104 valence electrons. The predicted octanol–water partition coefficient (Wildman–Crippen LogP) is 2.35. The van der Waals surface area contributed by atoms with Crippen LogP contribution < -0.4 is 11.1 Å². The van der Waals surface area contributed by atoms with Crippen LogP contribution in [0.15, 0.2) is 0 Å². The van der Waals surface area contributed by atoms with Crippen molar-refractivity contribution in [3.63, 3.8) is 0 Å². The number of nitrogens with two attached hydrogens (primary N) is 1. The van der Waals surface area contributed by atoms with Gasteiger partial charge in [0.1, 0.15) is 5.82 Å². The third-order valence-electron chi connectivity index (χ3n) is 2.84. The number of ether oxygens (including phenoxy) is 1. The van der Waals surface area contributed by atoms with Crippen LogP contribution in [0.25, 0.3) is 0 Å². The molecule has 1 aromatic rings. The first-order valence-electron chi connectivity index (χ1n) is 6.71. The average Bonchev–Trinajstić information content (AvgIpc) is 2.60. The van der Waals surface area contributed by atoms with E-state index in [0.717, 1.165) is 36.8 Å². The Kier molecular flexibility index (Phi) is 5.98. The zero-order valence-corrected chi connectivity index (χ0v) is 12.0. The lowest BCUT2D eigenvalue weighted by atomic mass is 10.1. The summed E-state index contributed by atoms with van der Waals surface area (Å²) in [6.07, 6.45) is 2.28. The van der Waals surface area contributed by atoms with Gasteiger partial charge >= 0.3 is 0 Å². The highest BCUT2D eigenvalue weighted by Crippen LogP contribution is 2.27. The van der Waals surface area contributed by atoms with E-state index in [2.05, 4.69) is 31.2 Å². The summed E-state index contributed by atoms with van der Waals surface area (Å²) in [5.74, 6) is 1.23. The zero-order valence-electron chi connectivity index (χ0n) is 12.0. The molecule has 5 nitrogen and oxygen atoms in total. The summed E-state index contributed by atoms with van der Waals surface area (Å²) in [5.41, 5.74) is 7.78. The van der Waals surface area contributed by atoms with Crippen molar-refractivity contribution < 1.29 is 4.74 Å². The summed E-state index contributed by atoms with van der Waals surface area (Å²) in [7, 11) is 1.91. The van der Waals surface area contributed by atoms with E-state index < -0.39 is 0 Å². The number of nitrogens with one attached hydrogen (secondary N) is 1. The van der Waals surface area contributed by atoms with Gasteiger partial charge in [-0.05, 0) is 12.3 Å². The zero-order chi connectivity index (χ0) is 13.5. The number of aromatic nitrogens is 2. The van der Waals surface area contributed by atoms with E-state index in [-0.39, 0.29) is 0 Å².